The van der Waals surface area contributed by atoms with E-state index in [4.69, 9.17) is 18.0 Å². The number of thioether (sulfide) groups is 1. The van der Waals surface area contributed by atoms with Gasteiger partial charge in [-0.1, -0.05) is 25.6 Å². The van der Waals surface area contributed by atoms with Gasteiger partial charge in [0.15, 0.2) is 0 Å². The first-order valence-corrected chi connectivity index (χ1v) is 8.87. The van der Waals surface area contributed by atoms with Gasteiger partial charge >= 0.3 is 0 Å². The Balaban J connectivity index is 2.50. The number of hydrogen-bond donors (Lipinski definition) is 2. The van der Waals surface area contributed by atoms with E-state index < -0.39 is 15.3 Å². The van der Waals surface area contributed by atoms with Gasteiger partial charge in [-0.05, 0) is 25.0 Å². The minimum Gasteiger partial charge on any atom is -0.392 e. The Morgan fingerprint density at radius 2 is 2.29 bits per heavy atom. The molecule has 17 heavy (non-hydrogen) atoms. The molecule has 0 aliphatic carbocycles. The zero-order chi connectivity index (χ0) is 12.9. The van der Waals surface area contributed by atoms with Crippen LogP contribution in [0.1, 0.15) is 32.6 Å². The predicted molar refractivity (Wildman–Crippen MR) is 77.9 cm³/mol. The summed E-state index contributed by atoms with van der Waals surface area (Å²) in [5.74, 6) is 1.12. The summed E-state index contributed by atoms with van der Waals surface area (Å²) in [6, 6.07) is 0. The molecular weight excluding hydrogens is 276 g/mol. The smallest absolute Gasteiger partial charge is 0.221 e. The Hall–Kier alpha value is 0.150. The number of sulfonamides is 1. The lowest BCUT2D eigenvalue weighted by atomic mass is 10.2. The number of nitrogens with two attached hydrogens (primary N) is 1. The quantitative estimate of drug-likeness (QED) is 0.722. The summed E-state index contributed by atoms with van der Waals surface area (Å²) < 4.78 is 26.6. The second-order valence-corrected chi connectivity index (χ2v) is 8.01. The van der Waals surface area contributed by atoms with Crippen molar-refractivity contribution in [3.63, 3.8) is 0 Å². The molecule has 100 valence electrons. The molecule has 0 aromatic heterocycles. The maximum atomic E-state index is 12.0. The molecule has 0 saturated carbocycles. The van der Waals surface area contributed by atoms with Crippen LogP contribution in [0.25, 0.3) is 0 Å². The molecular formula is C10H20N2O2S3. The summed E-state index contributed by atoms with van der Waals surface area (Å²) in [5, 5.41) is -0.353. The van der Waals surface area contributed by atoms with Gasteiger partial charge in [-0.25, -0.2) is 13.1 Å². The zero-order valence-corrected chi connectivity index (χ0v) is 12.5. The highest BCUT2D eigenvalue weighted by atomic mass is 32.2. The van der Waals surface area contributed by atoms with Gasteiger partial charge in [-0.3, -0.25) is 0 Å². The molecule has 2 unspecified atom stereocenters. The van der Waals surface area contributed by atoms with Crippen molar-refractivity contribution < 1.29 is 8.42 Å². The molecule has 4 nitrogen and oxygen atoms in total. The Morgan fingerprint density at radius 3 is 2.76 bits per heavy atom. The third-order valence-corrected chi connectivity index (χ3v) is 6.59. The van der Waals surface area contributed by atoms with Gasteiger partial charge in [0.2, 0.25) is 10.0 Å². The van der Waals surface area contributed by atoms with E-state index in [-0.39, 0.29) is 4.99 Å². The third-order valence-electron chi connectivity index (χ3n) is 2.85. The average Bonchev–Trinajstić information content (AvgIpc) is 2.28. The molecule has 1 heterocycles. The Bertz CT molecular complexity index is 351. The van der Waals surface area contributed by atoms with Crippen LogP contribution in [0.5, 0.6) is 0 Å². The first kappa shape index (κ1) is 15.2. The Morgan fingerprint density at radius 1 is 1.59 bits per heavy atom. The molecule has 3 N–H and O–H groups in total. The first-order chi connectivity index (χ1) is 7.97. The minimum absolute atomic E-state index is 0.0521. The second-order valence-electron chi connectivity index (χ2n) is 4.18. The van der Waals surface area contributed by atoms with Gasteiger partial charge < -0.3 is 5.73 Å². The number of thiocarbonyl (C=S) groups is 1. The molecule has 0 aromatic carbocycles. The van der Waals surface area contributed by atoms with E-state index in [0.29, 0.717) is 18.2 Å². The van der Waals surface area contributed by atoms with Gasteiger partial charge in [0.05, 0.1) is 4.99 Å². The fourth-order valence-corrected chi connectivity index (χ4v) is 5.12. The maximum absolute atomic E-state index is 12.0. The van der Waals surface area contributed by atoms with Crippen molar-refractivity contribution in [2.24, 2.45) is 5.73 Å². The van der Waals surface area contributed by atoms with Gasteiger partial charge in [0.1, 0.15) is 5.25 Å². The van der Waals surface area contributed by atoms with E-state index in [1.54, 1.807) is 6.92 Å². The maximum Gasteiger partial charge on any atom is 0.221 e. The lowest BCUT2D eigenvalue weighted by Gasteiger charge is -2.23. The fraction of sp³-hybridized carbons (Fsp3) is 0.900. The third kappa shape index (κ3) is 4.73. The minimum atomic E-state index is -3.40. The summed E-state index contributed by atoms with van der Waals surface area (Å²) in [6.07, 6.45) is 3.92. The van der Waals surface area contributed by atoms with Gasteiger partial charge in [-0.2, -0.15) is 11.8 Å². The summed E-state index contributed by atoms with van der Waals surface area (Å²) in [5.41, 5.74) is 5.45. The predicted octanol–water partition coefficient (Wildman–Crippen LogP) is 1.26. The number of rotatable bonds is 6. The topological polar surface area (TPSA) is 72.2 Å². The highest BCUT2D eigenvalue weighted by Crippen LogP contribution is 2.24. The Kier molecular flexibility index (Phi) is 6.19. The standard InChI is InChI=1S/C10H20N2O2S3/c1-2-9(10(11)15)17(13,14)12-7-8-5-3-4-6-16-8/h8-9,12H,2-7H2,1H3,(H2,11,15). The molecule has 1 fully saturated rings. The normalized spacial score (nSPS) is 23.2. The first-order valence-electron chi connectivity index (χ1n) is 5.86. The van der Waals surface area contributed by atoms with Crippen molar-refractivity contribution >= 4 is 39.0 Å². The average molecular weight is 296 g/mol. The number of hydrogen-bond acceptors (Lipinski definition) is 4. The van der Waals surface area contributed by atoms with Crippen molar-refractivity contribution in [3.05, 3.63) is 0 Å². The lowest BCUT2D eigenvalue weighted by molar-refractivity contribution is 0.567. The molecule has 1 rings (SSSR count). The van der Waals surface area contributed by atoms with Crippen LogP contribution in [0.3, 0.4) is 0 Å². The van der Waals surface area contributed by atoms with Crippen molar-refractivity contribution in [3.8, 4) is 0 Å². The van der Waals surface area contributed by atoms with Crippen molar-refractivity contribution in [2.45, 2.75) is 43.1 Å². The van der Waals surface area contributed by atoms with Gasteiger partial charge in [0, 0.05) is 11.8 Å². The van der Waals surface area contributed by atoms with Gasteiger partial charge in [0.25, 0.3) is 0 Å². The fourth-order valence-electron chi connectivity index (χ4n) is 1.85. The summed E-state index contributed by atoms with van der Waals surface area (Å²) in [6.45, 7) is 2.27. The van der Waals surface area contributed by atoms with Crippen LogP contribution < -0.4 is 10.5 Å². The van der Waals surface area contributed by atoms with E-state index in [9.17, 15) is 8.42 Å². The second kappa shape index (κ2) is 6.92. The molecule has 2 atom stereocenters. The molecule has 0 radical (unpaired) electrons. The monoisotopic (exact) mass is 296 g/mol. The largest absolute Gasteiger partial charge is 0.392 e. The van der Waals surface area contributed by atoms with Crippen LogP contribution in [-0.4, -0.2) is 36.2 Å². The van der Waals surface area contributed by atoms with Crippen LogP contribution in [0.2, 0.25) is 0 Å². The van der Waals surface area contributed by atoms with E-state index in [1.807, 2.05) is 11.8 Å². The molecule has 0 aromatic rings. The van der Waals surface area contributed by atoms with Crippen LogP contribution in [0, 0.1) is 0 Å². The van der Waals surface area contributed by atoms with Crippen molar-refractivity contribution in [1.82, 2.24) is 4.72 Å². The van der Waals surface area contributed by atoms with Crippen LogP contribution in [0.4, 0.5) is 0 Å². The molecule has 0 amide bonds. The highest BCUT2D eigenvalue weighted by Gasteiger charge is 2.27. The van der Waals surface area contributed by atoms with Crippen LogP contribution in [-0.2, 0) is 10.0 Å². The van der Waals surface area contributed by atoms with E-state index in [0.717, 1.165) is 12.2 Å². The van der Waals surface area contributed by atoms with E-state index in [1.165, 1.54) is 12.8 Å². The van der Waals surface area contributed by atoms with Crippen molar-refractivity contribution in [1.29, 1.82) is 0 Å². The number of nitrogens with one attached hydrogen (secondary N) is 1. The zero-order valence-electron chi connectivity index (χ0n) is 10.0. The van der Waals surface area contributed by atoms with Crippen LogP contribution in [0.15, 0.2) is 0 Å². The molecule has 1 saturated heterocycles. The molecule has 0 spiro atoms. The summed E-state index contributed by atoms with van der Waals surface area (Å²) in [7, 11) is -3.40. The Labute approximate surface area is 113 Å². The SMILES string of the molecule is CCC(C(N)=S)S(=O)(=O)NCC1CCCCS1. The summed E-state index contributed by atoms with van der Waals surface area (Å²) in [4.78, 5) is 0.0521. The lowest BCUT2D eigenvalue weighted by Crippen LogP contribution is -2.43. The van der Waals surface area contributed by atoms with Gasteiger partial charge in [-0.15, -0.1) is 0 Å². The molecule has 7 heteroatoms. The highest BCUT2D eigenvalue weighted by molar-refractivity contribution is 8.00. The van der Waals surface area contributed by atoms with E-state index in [2.05, 4.69) is 4.72 Å². The van der Waals surface area contributed by atoms with Crippen LogP contribution >= 0.6 is 24.0 Å². The summed E-state index contributed by atoms with van der Waals surface area (Å²) >= 11 is 6.63. The molecule has 1 aliphatic heterocycles. The van der Waals surface area contributed by atoms with E-state index >= 15 is 0 Å². The van der Waals surface area contributed by atoms with Crippen molar-refractivity contribution in [2.75, 3.05) is 12.3 Å². The molecule has 1 aliphatic rings. The molecule has 0 bridgehead atoms.